The van der Waals surface area contributed by atoms with Crippen molar-refractivity contribution in [2.45, 2.75) is 27.2 Å². The molecule has 2 aromatic rings. The molecule has 0 spiro atoms. The average Bonchev–Trinajstić information content (AvgIpc) is 2.57. The lowest BCUT2D eigenvalue weighted by Crippen LogP contribution is -2.22. The molecule has 0 saturated heterocycles. The van der Waals surface area contributed by atoms with Crippen LogP contribution in [0.2, 0.25) is 0 Å². The van der Waals surface area contributed by atoms with E-state index in [4.69, 9.17) is 0 Å². The summed E-state index contributed by atoms with van der Waals surface area (Å²) in [6.07, 6.45) is 1.62. The number of rotatable bonds is 5. The molecule has 0 aliphatic carbocycles. The van der Waals surface area contributed by atoms with E-state index in [1.54, 1.807) is 25.1 Å². The van der Waals surface area contributed by atoms with Gasteiger partial charge in [-0.2, -0.15) is 5.10 Å². The maximum Gasteiger partial charge on any atom is 0.289 e. The number of hydrogen-bond donors (Lipinski definition) is 2. The average molecular weight is 324 g/mol. The summed E-state index contributed by atoms with van der Waals surface area (Å²) >= 11 is 0. The number of hydrogen-bond acceptors (Lipinski definition) is 4. The number of carbonyl (C=O) groups is 2. The van der Waals surface area contributed by atoms with E-state index >= 15 is 0 Å². The van der Waals surface area contributed by atoms with Crippen molar-refractivity contribution in [1.82, 2.24) is 10.4 Å². The lowest BCUT2D eigenvalue weighted by Gasteiger charge is -2.10. The molecule has 0 unspecified atom stereocenters. The van der Waals surface area contributed by atoms with Gasteiger partial charge in [-0.25, -0.2) is 5.43 Å². The van der Waals surface area contributed by atoms with Gasteiger partial charge in [0.2, 0.25) is 5.91 Å². The smallest absolute Gasteiger partial charge is 0.289 e. The van der Waals surface area contributed by atoms with E-state index in [0.29, 0.717) is 5.71 Å². The Hall–Kier alpha value is -3.02. The third-order valence-corrected chi connectivity index (χ3v) is 3.54. The Morgan fingerprint density at radius 3 is 2.62 bits per heavy atom. The number of aryl methyl sites for hydroxylation is 1. The summed E-state index contributed by atoms with van der Waals surface area (Å²) < 4.78 is 0. The lowest BCUT2D eigenvalue weighted by atomic mass is 10.1. The minimum Gasteiger partial charge on any atom is -0.326 e. The zero-order valence-corrected chi connectivity index (χ0v) is 14.0. The van der Waals surface area contributed by atoms with Gasteiger partial charge in [-0.3, -0.25) is 14.6 Å². The molecule has 1 heterocycles. The van der Waals surface area contributed by atoms with E-state index in [9.17, 15) is 9.59 Å². The zero-order valence-electron chi connectivity index (χ0n) is 14.0. The predicted octanol–water partition coefficient (Wildman–Crippen LogP) is 2.83. The van der Waals surface area contributed by atoms with Crippen molar-refractivity contribution in [3.8, 4) is 0 Å². The second-order valence-corrected chi connectivity index (χ2v) is 5.48. The van der Waals surface area contributed by atoms with Crippen LogP contribution in [0.15, 0.2) is 47.7 Å². The number of anilines is 1. The molecule has 1 aromatic heterocycles. The second kappa shape index (κ2) is 8.01. The number of nitrogens with zero attached hydrogens (tertiary/aromatic N) is 2. The van der Waals surface area contributed by atoms with Crippen molar-refractivity contribution in [2.24, 2.45) is 5.10 Å². The molecule has 0 bridgehead atoms. The van der Waals surface area contributed by atoms with Crippen LogP contribution in [-0.4, -0.2) is 22.5 Å². The van der Waals surface area contributed by atoms with Crippen molar-refractivity contribution in [2.75, 3.05) is 5.32 Å². The van der Waals surface area contributed by atoms with Crippen LogP contribution in [0.4, 0.5) is 5.69 Å². The fourth-order valence-corrected chi connectivity index (χ4v) is 2.05. The van der Waals surface area contributed by atoms with Crippen molar-refractivity contribution < 1.29 is 9.59 Å². The Morgan fingerprint density at radius 2 is 1.92 bits per heavy atom. The van der Waals surface area contributed by atoms with E-state index in [0.717, 1.165) is 16.8 Å². The zero-order chi connectivity index (χ0) is 17.5. The highest BCUT2D eigenvalue weighted by atomic mass is 16.2. The fraction of sp³-hybridized carbons (Fsp3) is 0.222. The van der Waals surface area contributed by atoms with Gasteiger partial charge in [0, 0.05) is 17.6 Å². The molecule has 2 rings (SSSR count). The van der Waals surface area contributed by atoms with Gasteiger partial charge >= 0.3 is 0 Å². The Bertz CT molecular complexity index is 770. The Morgan fingerprint density at radius 1 is 1.12 bits per heavy atom. The number of aromatic nitrogens is 1. The summed E-state index contributed by atoms with van der Waals surface area (Å²) in [5.74, 6) is -0.595. The predicted molar refractivity (Wildman–Crippen MR) is 94.0 cm³/mol. The van der Waals surface area contributed by atoms with E-state index < -0.39 is 5.91 Å². The molecular formula is C18H20N4O2. The normalized spacial score (nSPS) is 11.0. The Kier molecular flexibility index (Phi) is 5.78. The highest BCUT2D eigenvalue weighted by Gasteiger charge is 2.09. The Balaban J connectivity index is 1.91. The van der Waals surface area contributed by atoms with Crippen LogP contribution in [0.25, 0.3) is 0 Å². The molecule has 2 amide bonds. The van der Waals surface area contributed by atoms with Crippen LogP contribution in [-0.2, 0) is 4.79 Å². The van der Waals surface area contributed by atoms with Crippen molar-refractivity contribution >= 4 is 23.2 Å². The van der Waals surface area contributed by atoms with Crippen LogP contribution in [0.1, 0.15) is 35.0 Å². The first-order valence-electron chi connectivity index (χ1n) is 7.58. The first-order valence-corrected chi connectivity index (χ1v) is 7.58. The fourth-order valence-electron chi connectivity index (χ4n) is 2.05. The summed E-state index contributed by atoms with van der Waals surface area (Å²) in [5.41, 5.74) is 6.09. The van der Waals surface area contributed by atoms with E-state index in [1.165, 1.54) is 6.20 Å². The third kappa shape index (κ3) is 4.74. The quantitative estimate of drug-likeness (QED) is 0.655. The molecule has 1 aromatic carbocycles. The van der Waals surface area contributed by atoms with Crippen LogP contribution in [0, 0.1) is 13.8 Å². The number of nitrogens with one attached hydrogen (secondary N) is 2. The molecule has 2 N–H and O–H groups in total. The van der Waals surface area contributed by atoms with Gasteiger partial charge in [-0.1, -0.05) is 18.2 Å². The number of carbonyl (C=O) groups excluding carboxylic acids is 2. The molecule has 0 fully saturated rings. The van der Waals surface area contributed by atoms with Crippen LogP contribution < -0.4 is 10.7 Å². The van der Waals surface area contributed by atoms with Crippen molar-refractivity contribution in [3.05, 3.63) is 59.4 Å². The highest BCUT2D eigenvalue weighted by Crippen LogP contribution is 2.18. The van der Waals surface area contributed by atoms with Gasteiger partial charge in [0.05, 0.1) is 6.42 Å². The maximum absolute atomic E-state index is 12.1. The van der Waals surface area contributed by atoms with E-state index in [-0.39, 0.29) is 18.0 Å². The van der Waals surface area contributed by atoms with E-state index in [2.05, 4.69) is 20.8 Å². The highest BCUT2D eigenvalue weighted by molar-refractivity contribution is 6.06. The molecule has 0 aliphatic heterocycles. The number of amides is 2. The monoisotopic (exact) mass is 324 g/mol. The molecule has 6 heteroatoms. The largest absolute Gasteiger partial charge is 0.326 e. The van der Waals surface area contributed by atoms with Gasteiger partial charge in [0.25, 0.3) is 5.91 Å². The number of pyridine rings is 1. The molecule has 24 heavy (non-hydrogen) atoms. The van der Waals surface area contributed by atoms with Crippen LogP contribution in [0.5, 0.6) is 0 Å². The summed E-state index contributed by atoms with van der Waals surface area (Å²) in [4.78, 5) is 27.8. The molecule has 124 valence electrons. The minimum atomic E-state index is -0.412. The van der Waals surface area contributed by atoms with Gasteiger partial charge in [-0.05, 0) is 50.1 Å². The van der Waals surface area contributed by atoms with E-state index in [1.807, 2.05) is 32.0 Å². The SMILES string of the molecule is C/C(CC(=O)Nc1cccc(C)c1C)=N/NC(=O)c1ccccn1. The summed E-state index contributed by atoms with van der Waals surface area (Å²) in [6.45, 7) is 5.63. The first kappa shape index (κ1) is 17.3. The lowest BCUT2D eigenvalue weighted by molar-refractivity contribution is -0.115. The molecule has 0 radical (unpaired) electrons. The number of hydrazone groups is 1. The third-order valence-electron chi connectivity index (χ3n) is 3.54. The number of benzene rings is 1. The van der Waals surface area contributed by atoms with Gasteiger partial charge in [0.15, 0.2) is 0 Å². The molecular weight excluding hydrogens is 304 g/mol. The maximum atomic E-state index is 12.1. The summed E-state index contributed by atoms with van der Waals surface area (Å²) in [7, 11) is 0. The van der Waals surface area contributed by atoms with Crippen LogP contribution >= 0.6 is 0 Å². The molecule has 0 atom stereocenters. The topological polar surface area (TPSA) is 83.5 Å². The molecule has 0 saturated carbocycles. The van der Waals surface area contributed by atoms with Crippen molar-refractivity contribution in [1.29, 1.82) is 0 Å². The first-order chi connectivity index (χ1) is 11.5. The minimum absolute atomic E-state index is 0.0931. The van der Waals surface area contributed by atoms with Gasteiger partial charge < -0.3 is 5.32 Å². The Labute approximate surface area is 141 Å². The summed E-state index contributed by atoms with van der Waals surface area (Å²) in [6, 6.07) is 10.8. The standard InChI is InChI=1S/C18H20N4O2/c1-12-7-6-9-15(14(12)3)20-17(23)11-13(2)21-22-18(24)16-8-4-5-10-19-16/h4-10H,11H2,1-3H3,(H,20,23)(H,22,24)/b21-13-. The molecule has 6 nitrogen and oxygen atoms in total. The van der Waals surface area contributed by atoms with Crippen LogP contribution in [0.3, 0.4) is 0 Å². The van der Waals surface area contributed by atoms with Crippen molar-refractivity contribution in [3.63, 3.8) is 0 Å². The van der Waals surface area contributed by atoms with Gasteiger partial charge in [-0.15, -0.1) is 0 Å². The second-order valence-electron chi connectivity index (χ2n) is 5.48. The molecule has 0 aliphatic rings. The van der Waals surface area contributed by atoms with Gasteiger partial charge in [0.1, 0.15) is 5.69 Å². The summed E-state index contributed by atoms with van der Waals surface area (Å²) in [5, 5.41) is 6.79.